The van der Waals surface area contributed by atoms with Crippen LogP contribution in [-0.2, 0) is 16.6 Å². The largest absolute Gasteiger partial charge is 0.346 e. The van der Waals surface area contributed by atoms with Crippen LogP contribution in [0.2, 0.25) is 0 Å². The molecule has 0 atom stereocenters. The van der Waals surface area contributed by atoms with Crippen molar-refractivity contribution >= 4 is 38.2 Å². The smallest absolute Gasteiger partial charge is 0.272 e. The van der Waals surface area contributed by atoms with Gasteiger partial charge in [-0.25, -0.2) is 8.42 Å². The van der Waals surface area contributed by atoms with Crippen LogP contribution in [0.3, 0.4) is 0 Å². The van der Waals surface area contributed by atoms with Crippen molar-refractivity contribution in [3.05, 3.63) is 47.0 Å². The molecule has 138 valence electrons. The van der Waals surface area contributed by atoms with E-state index in [-0.39, 0.29) is 16.7 Å². The van der Waals surface area contributed by atoms with Gasteiger partial charge in [0.2, 0.25) is 0 Å². The number of hydrogen-bond donors (Lipinski definition) is 2. The van der Waals surface area contributed by atoms with Crippen LogP contribution in [0, 0.1) is 0 Å². The maximum atomic E-state index is 12.5. The van der Waals surface area contributed by atoms with Gasteiger partial charge in [-0.2, -0.15) is 9.40 Å². The van der Waals surface area contributed by atoms with Gasteiger partial charge in [0.15, 0.2) is 5.69 Å². The number of carbonyl (C=O) groups is 1. The third kappa shape index (κ3) is 3.50. The number of thiophene rings is 1. The second-order valence-corrected chi connectivity index (χ2v) is 8.94. The van der Waals surface area contributed by atoms with E-state index < -0.39 is 10.0 Å². The zero-order valence-corrected chi connectivity index (χ0v) is 16.2. The Bertz CT molecular complexity index is 1020. The SMILES string of the molecule is CCN(CC)S(=O)(=O)c1ccc(CNC(=O)c2n[nH]c3ccccc23)s1. The van der Waals surface area contributed by atoms with Crippen molar-refractivity contribution in [3.8, 4) is 0 Å². The van der Waals surface area contributed by atoms with Gasteiger partial charge in [-0.05, 0) is 18.2 Å². The number of nitrogens with zero attached hydrogens (tertiary/aromatic N) is 2. The van der Waals surface area contributed by atoms with E-state index in [9.17, 15) is 13.2 Å². The highest BCUT2D eigenvalue weighted by molar-refractivity contribution is 7.91. The number of para-hydroxylation sites is 1. The number of aromatic amines is 1. The van der Waals surface area contributed by atoms with Gasteiger partial charge in [-0.15, -0.1) is 11.3 Å². The molecular weight excluding hydrogens is 372 g/mol. The molecule has 0 aliphatic heterocycles. The van der Waals surface area contributed by atoms with Crippen LogP contribution >= 0.6 is 11.3 Å². The molecule has 0 fully saturated rings. The number of benzene rings is 1. The van der Waals surface area contributed by atoms with Crippen LogP contribution < -0.4 is 5.32 Å². The molecule has 3 rings (SSSR count). The second kappa shape index (κ2) is 7.56. The Balaban J connectivity index is 1.71. The summed E-state index contributed by atoms with van der Waals surface area (Å²) in [6, 6.07) is 10.7. The van der Waals surface area contributed by atoms with Gasteiger partial charge in [-0.3, -0.25) is 9.89 Å². The topological polar surface area (TPSA) is 95.2 Å². The van der Waals surface area contributed by atoms with Gasteiger partial charge < -0.3 is 5.32 Å². The van der Waals surface area contributed by atoms with E-state index in [0.29, 0.717) is 18.8 Å². The van der Waals surface area contributed by atoms with Gasteiger partial charge in [-0.1, -0.05) is 32.0 Å². The minimum Gasteiger partial charge on any atom is -0.346 e. The molecule has 2 aromatic heterocycles. The van der Waals surface area contributed by atoms with Crippen LogP contribution in [0.25, 0.3) is 10.9 Å². The molecule has 26 heavy (non-hydrogen) atoms. The molecule has 2 heterocycles. The van der Waals surface area contributed by atoms with E-state index in [1.54, 1.807) is 12.1 Å². The summed E-state index contributed by atoms with van der Waals surface area (Å²) in [6.45, 7) is 4.72. The number of aromatic nitrogens is 2. The lowest BCUT2D eigenvalue weighted by atomic mass is 10.2. The van der Waals surface area contributed by atoms with Crippen molar-refractivity contribution in [2.75, 3.05) is 13.1 Å². The molecular formula is C17H20N4O3S2. The van der Waals surface area contributed by atoms with Crippen molar-refractivity contribution in [2.24, 2.45) is 0 Å². The highest BCUT2D eigenvalue weighted by atomic mass is 32.2. The average Bonchev–Trinajstić information content (AvgIpc) is 3.28. The molecule has 0 radical (unpaired) electrons. The summed E-state index contributed by atoms with van der Waals surface area (Å²) >= 11 is 1.17. The summed E-state index contributed by atoms with van der Waals surface area (Å²) in [4.78, 5) is 13.1. The van der Waals surface area contributed by atoms with Gasteiger partial charge in [0.1, 0.15) is 4.21 Å². The molecule has 7 nitrogen and oxygen atoms in total. The molecule has 0 aliphatic rings. The fourth-order valence-corrected chi connectivity index (χ4v) is 5.58. The van der Waals surface area contributed by atoms with Crippen molar-refractivity contribution in [3.63, 3.8) is 0 Å². The van der Waals surface area contributed by atoms with E-state index in [1.165, 1.54) is 15.6 Å². The Hall–Kier alpha value is -2.23. The van der Waals surface area contributed by atoms with E-state index in [4.69, 9.17) is 0 Å². The number of H-pyrrole nitrogens is 1. The van der Waals surface area contributed by atoms with Gasteiger partial charge in [0.05, 0.1) is 12.1 Å². The predicted octanol–water partition coefficient (Wildman–Crippen LogP) is 2.58. The van der Waals surface area contributed by atoms with Crippen LogP contribution in [0.1, 0.15) is 29.2 Å². The molecule has 0 saturated carbocycles. The summed E-state index contributed by atoms with van der Waals surface area (Å²) < 4.78 is 26.7. The van der Waals surface area contributed by atoms with Crippen LogP contribution in [0.15, 0.2) is 40.6 Å². The molecule has 0 saturated heterocycles. The molecule has 0 spiro atoms. The molecule has 1 aromatic carbocycles. The first kappa shape index (κ1) is 18.6. The number of sulfonamides is 1. The Kier molecular flexibility index (Phi) is 5.40. The second-order valence-electron chi connectivity index (χ2n) is 5.61. The van der Waals surface area contributed by atoms with Gasteiger partial charge in [0.25, 0.3) is 15.9 Å². The number of rotatable bonds is 7. The summed E-state index contributed by atoms with van der Waals surface area (Å²) in [6.07, 6.45) is 0. The first-order valence-electron chi connectivity index (χ1n) is 8.27. The summed E-state index contributed by atoms with van der Waals surface area (Å²) in [7, 11) is -3.47. The van der Waals surface area contributed by atoms with Crippen molar-refractivity contribution in [1.82, 2.24) is 19.8 Å². The average molecular weight is 393 g/mol. The summed E-state index contributed by atoms with van der Waals surface area (Å²) in [5, 5.41) is 10.4. The number of carbonyl (C=O) groups excluding carboxylic acids is 1. The Morgan fingerprint density at radius 2 is 1.92 bits per heavy atom. The predicted molar refractivity (Wildman–Crippen MR) is 102 cm³/mol. The van der Waals surface area contributed by atoms with E-state index in [0.717, 1.165) is 15.8 Å². The summed E-state index contributed by atoms with van der Waals surface area (Å²) in [5.41, 5.74) is 1.12. The Morgan fingerprint density at radius 3 is 2.65 bits per heavy atom. The quantitative estimate of drug-likeness (QED) is 0.646. The minimum atomic E-state index is -3.47. The third-order valence-corrected chi connectivity index (χ3v) is 7.65. The molecule has 3 aromatic rings. The molecule has 2 N–H and O–H groups in total. The van der Waals surface area contributed by atoms with E-state index in [2.05, 4.69) is 15.5 Å². The van der Waals surface area contributed by atoms with E-state index in [1.807, 2.05) is 38.1 Å². The molecule has 0 aliphatic carbocycles. The Morgan fingerprint density at radius 1 is 1.19 bits per heavy atom. The molecule has 0 bridgehead atoms. The van der Waals surface area contributed by atoms with Crippen molar-refractivity contribution < 1.29 is 13.2 Å². The number of fused-ring (bicyclic) bond motifs is 1. The normalized spacial score (nSPS) is 12.0. The first-order valence-corrected chi connectivity index (χ1v) is 10.5. The number of hydrogen-bond acceptors (Lipinski definition) is 5. The third-order valence-electron chi connectivity index (χ3n) is 4.05. The monoisotopic (exact) mass is 392 g/mol. The van der Waals surface area contributed by atoms with Crippen molar-refractivity contribution in [1.29, 1.82) is 0 Å². The lowest BCUT2D eigenvalue weighted by Gasteiger charge is -2.16. The fourth-order valence-electron chi connectivity index (χ4n) is 2.67. The maximum Gasteiger partial charge on any atom is 0.272 e. The first-order chi connectivity index (χ1) is 12.5. The maximum absolute atomic E-state index is 12.5. The Labute approximate surface area is 156 Å². The zero-order valence-electron chi connectivity index (χ0n) is 14.5. The lowest BCUT2D eigenvalue weighted by Crippen LogP contribution is -2.30. The van der Waals surface area contributed by atoms with Gasteiger partial charge in [0, 0.05) is 23.4 Å². The number of nitrogens with one attached hydrogen (secondary N) is 2. The molecule has 0 unspecified atom stereocenters. The van der Waals surface area contributed by atoms with Gasteiger partial charge >= 0.3 is 0 Å². The van der Waals surface area contributed by atoms with Crippen LogP contribution in [0.4, 0.5) is 0 Å². The fraction of sp³-hybridized carbons (Fsp3) is 0.294. The van der Waals surface area contributed by atoms with E-state index >= 15 is 0 Å². The minimum absolute atomic E-state index is 0.248. The van der Waals surface area contributed by atoms with Crippen molar-refractivity contribution in [2.45, 2.75) is 24.6 Å². The lowest BCUT2D eigenvalue weighted by molar-refractivity contribution is 0.0948. The summed E-state index contributed by atoms with van der Waals surface area (Å²) in [5.74, 6) is -0.302. The van der Waals surface area contributed by atoms with Crippen LogP contribution in [0.5, 0.6) is 0 Å². The molecule has 9 heteroatoms. The highest BCUT2D eigenvalue weighted by Crippen LogP contribution is 2.25. The number of amides is 1. The van der Waals surface area contributed by atoms with Crippen LogP contribution in [-0.4, -0.2) is 41.9 Å². The molecule has 1 amide bonds. The standard InChI is InChI=1S/C17H20N4O3S2/c1-3-21(4-2)26(23,24)15-10-9-12(25-15)11-18-17(22)16-13-7-5-6-8-14(13)19-20-16/h5-10H,3-4,11H2,1-2H3,(H,18,22)(H,19,20). The zero-order chi connectivity index (χ0) is 18.7. The highest BCUT2D eigenvalue weighted by Gasteiger charge is 2.23.